The Balaban J connectivity index is 0.953. The Morgan fingerprint density at radius 2 is 0.828 bits per heavy atom. The smallest absolute Gasteiger partial charge is 0.260 e. The Bertz CT molecular complexity index is 3810. The lowest BCUT2D eigenvalue weighted by Crippen LogP contribution is -2.57. The second-order valence-electron chi connectivity index (χ2n) is 17.1. The molecule has 2 aliphatic heterocycles. The zero-order valence-corrected chi connectivity index (χ0v) is 34.6. The maximum atomic E-state index is 7.16. The quantitative estimate of drug-likeness (QED) is 0.131. The number of rotatable bonds is 4. The Morgan fingerprint density at radius 3 is 1.50 bits per heavy atom. The van der Waals surface area contributed by atoms with Crippen LogP contribution in [-0.2, 0) is 0 Å². The van der Waals surface area contributed by atoms with E-state index in [1.807, 2.05) is 0 Å². The van der Waals surface area contributed by atoms with E-state index in [9.17, 15) is 0 Å². The lowest BCUT2D eigenvalue weighted by atomic mass is 9.35. The highest BCUT2D eigenvalue weighted by Gasteiger charge is 2.41. The number of benzene rings is 11. The Morgan fingerprint density at radius 1 is 0.328 bits per heavy atom. The van der Waals surface area contributed by atoms with Crippen molar-refractivity contribution in [2.45, 2.75) is 0 Å². The molecule has 0 radical (unpaired) electrons. The topological polar surface area (TPSA) is 23.4 Å². The molecule has 64 heavy (non-hydrogen) atoms. The molecule has 14 rings (SSSR count). The van der Waals surface area contributed by atoms with Gasteiger partial charge in [0.15, 0.2) is 0 Å². The molecule has 0 amide bonds. The van der Waals surface area contributed by atoms with Crippen LogP contribution in [0, 0.1) is 0 Å². The van der Waals surface area contributed by atoms with Crippen LogP contribution >= 0.6 is 0 Å². The second-order valence-corrected chi connectivity index (χ2v) is 17.1. The first kappa shape index (κ1) is 35.3. The van der Waals surface area contributed by atoms with Crippen LogP contribution in [0.15, 0.2) is 218 Å². The molecule has 296 valence electrons. The van der Waals surface area contributed by atoms with E-state index in [1.54, 1.807) is 0 Å². The first-order valence-corrected chi connectivity index (χ1v) is 22.0. The molecule has 3 nitrogen and oxygen atoms in total. The molecule has 0 spiro atoms. The van der Waals surface area contributed by atoms with Gasteiger partial charge >= 0.3 is 0 Å². The van der Waals surface area contributed by atoms with E-state index in [0.717, 1.165) is 56.2 Å². The molecule has 11 aromatic carbocycles. The highest BCUT2D eigenvalue weighted by atomic mass is 16.5. The monoisotopic (exact) mass is 813 g/mol. The molecular weight excluding hydrogens is 777 g/mol. The largest absolute Gasteiger partial charge is 0.458 e. The van der Waals surface area contributed by atoms with Gasteiger partial charge in [-0.2, -0.15) is 0 Å². The highest BCUT2D eigenvalue weighted by molar-refractivity contribution is 6.98. The Hall–Kier alpha value is -8.34. The number of fused-ring (bicyclic) bond motifs is 10. The molecule has 1 aromatic heterocycles. The van der Waals surface area contributed by atoms with Crippen molar-refractivity contribution in [1.82, 2.24) is 4.57 Å². The van der Waals surface area contributed by atoms with Crippen molar-refractivity contribution in [3.8, 4) is 62.1 Å². The van der Waals surface area contributed by atoms with Gasteiger partial charge in [0.1, 0.15) is 23.0 Å². The van der Waals surface area contributed by atoms with Crippen LogP contribution in [0.5, 0.6) is 23.0 Å². The Kier molecular flexibility index (Phi) is 7.49. The molecule has 0 atom stereocenters. The van der Waals surface area contributed by atoms with Crippen molar-refractivity contribution in [1.29, 1.82) is 0 Å². The van der Waals surface area contributed by atoms with Gasteiger partial charge in [-0.3, -0.25) is 0 Å². The van der Waals surface area contributed by atoms with Gasteiger partial charge in [0.05, 0.1) is 11.0 Å². The Labute approximate surface area is 370 Å². The van der Waals surface area contributed by atoms with E-state index in [4.69, 9.17) is 9.47 Å². The molecule has 0 saturated carbocycles. The number of aromatic nitrogens is 1. The summed E-state index contributed by atoms with van der Waals surface area (Å²) in [5, 5.41) is 9.74. The normalized spacial score (nSPS) is 12.6. The number of nitrogens with zero attached hydrogens (tertiary/aromatic N) is 1. The molecule has 0 fully saturated rings. The molecule has 0 aliphatic carbocycles. The summed E-state index contributed by atoms with van der Waals surface area (Å²) in [5.41, 5.74) is 13.8. The van der Waals surface area contributed by atoms with Gasteiger partial charge in [0, 0.05) is 28.0 Å². The fourth-order valence-electron chi connectivity index (χ4n) is 11.0. The zero-order chi connectivity index (χ0) is 41.9. The van der Waals surface area contributed by atoms with Gasteiger partial charge in [-0.25, -0.2) is 0 Å². The number of hydrogen-bond acceptors (Lipinski definition) is 2. The number of hydrogen-bond donors (Lipinski definition) is 0. The van der Waals surface area contributed by atoms with Crippen LogP contribution in [0.4, 0.5) is 0 Å². The van der Waals surface area contributed by atoms with Gasteiger partial charge in [0.2, 0.25) is 0 Å². The van der Waals surface area contributed by atoms with Crippen molar-refractivity contribution in [2.75, 3.05) is 0 Å². The van der Waals surface area contributed by atoms with E-state index in [-0.39, 0.29) is 6.71 Å². The average Bonchev–Trinajstić information content (AvgIpc) is 3.69. The minimum atomic E-state index is -0.0485. The van der Waals surface area contributed by atoms with E-state index in [1.165, 1.54) is 76.4 Å². The van der Waals surface area contributed by atoms with Crippen molar-refractivity contribution >= 4 is 77.2 Å². The molecule has 0 bridgehead atoms. The molecule has 0 N–H and O–H groups in total. The highest BCUT2D eigenvalue weighted by Crippen LogP contribution is 2.47. The van der Waals surface area contributed by atoms with Gasteiger partial charge in [-0.1, -0.05) is 176 Å². The summed E-state index contributed by atoms with van der Waals surface area (Å²) in [6, 6.07) is 79.0. The first-order chi connectivity index (χ1) is 31.7. The predicted octanol–water partition coefficient (Wildman–Crippen LogP) is 14.0. The van der Waals surface area contributed by atoms with Crippen LogP contribution in [0.3, 0.4) is 0 Å². The van der Waals surface area contributed by atoms with Crippen molar-refractivity contribution in [3.63, 3.8) is 0 Å². The summed E-state index contributed by atoms with van der Waals surface area (Å²) in [6.07, 6.45) is 0. The first-order valence-electron chi connectivity index (χ1n) is 22.0. The number of para-hydroxylation sites is 3. The predicted molar refractivity (Wildman–Crippen MR) is 267 cm³/mol. The minimum absolute atomic E-state index is 0.0485. The molecule has 4 heteroatoms. The third kappa shape index (κ3) is 5.11. The summed E-state index contributed by atoms with van der Waals surface area (Å²) in [7, 11) is 0. The summed E-state index contributed by atoms with van der Waals surface area (Å²) in [4.78, 5) is 0. The molecular formula is C60H36BNO2. The molecule has 0 unspecified atom stereocenters. The second kappa shape index (κ2) is 13.6. The van der Waals surface area contributed by atoms with E-state index >= 15 is 0 Å². The van der Waals surface area contributed by atoms with Gasteiger partial charge in [-0.05, 0) is 113 Å². The molecule has 2 aliphatic rings. The average molecular weight is 814 g/mol. The summed E-state index contributed by atoms with van der Waals surface area (Å²) in [6.45, 7) is -0.0485. The standard InChI is InChI=1S/C60H36BNO2/c1-2-16-42-37(14-1)15-13-23-43(42)38-28-30-39(31-29-38)58-46-19-3-5-21-48(46)59(49-22-6-4-20-47(49)58)40-34-56-60-57(35-40)64-55-36-41(32-33-51(55)61(60)50-24-9-12-27-54(50)63-56)62-52-25-10-7-17-44(52)45-18-8-11-26-53(45)62/h1-36H. The minimum Gasteiger partial charge on any atom is -0.458 e. The van der Waals surface area contributed by atoms with E-state index in [2.05, 4.69) is 223 Å². The maximum absolute atomic E-state index is 7.16. The maximum Gasteiger partial charge on any atom is 0.260 e. The van der Waals surface area contributed by atoms with Crippen molar-refractivity contribution in [2.24, 2.45) is 0 Å². The zero-order valence-electron chi connectivity index (χ0n) is 34.6. The lowest BCUT2D eigenvalue weighted by molar-refractivity contribution is 0.465. The molecule has 0 saturated heterocycles. The van der Waals surface area contributed by atoms with E-state index < -0.39 is 0 Å². The lowest BCUT2D eigenvalue weighted by Gasteiger charge is -2.33. The van der Waals surface area contributed by atoms with Gasteiger partial charge in [-0.15, -0.1) is 0 Å². The third-order valence-electron chi connectivity index (χ3n) is 13.7. The summed E-state index contributed by atoms with van der Waals surface area (Å²) < 4.78 is 16.4. The van der Waals surface area contributed by atoms with Crippen molar-refractivity contribution < 1.29 is 9.47 Å². The number of ether oxygens (including phenoxy) is 2. The van der Waals surface area contributed by atoms with Gasteiger partial charge < -0.3 is 14.0 Å². The van der Waals surface area contributed by atoms with E-state index in [0.29, 0.717) is 0 Å². The summed E-state index contributed by atoms with van der Waals surface area (Å²) >= 11 is 0. The fraction of sp³-hybridized carbons (Fsp3) is 0. The third-order valence-corrected chi connectivity index (χ3v) is 13.7. The SMILES string of the molecule is c1ccc2c(c1)Oc1cc(-c3c4ccccc4c(-c4ccc(-c5cccc6ccccc56)cc4)c4ccccc34)cc3c1B2c1ccc(-n2c4ccccc4c4ccccc42)cc1O3. The fourth-order valence-corrected chi connectivity index (χ4v) is 11.0. The molecule has 12 aromatic rings. The van der Waals surface area contributed by atoms with Crippen LogP contribution < -0.4 is 25.9 Å². The summed E-state index contributed by atoms with van der Waals surface area (Å²) in [5.74, 6) is 3.38. The van der Waals surface area contributed by atoms with Gasteiger partial charge in [0.25, 0.3) is 6.71 Å². The van der Waals surface area contributed by atoms with Crippen LogP contribution in [0.25, 0.3) is 93.2 Å². The van der Waals surface area contributed by atoms with Crippen LogP contribution in [-0.4, -0.2) is 11.3 Å². The van der Waals surface area contributed by atoms with Crippen molar-refractivity contribution in [3.05, 3.63) is 218 Å². The van der Waals surface area contributed by atoms with Crippen LogP contribution in [0.2, 0.25) is 0 Å². The van der Waals surface area contributed by atoms with Crippen LogP contribution in [0.1, 0.15) is 0 Å². The molecule has 3 heterocycles.